The highest BCUT2D eigenvalue weighted by atomic mass is 32.2. The third-order valence-electron chi connectivity index (χ3n) is 4.93. The van der Waals surface area contributed by atoms with Crippen LogP contribution in [0, 0.1) is 13.8 Å². The number of aryl methyl sites for hydroxylation is 2. The molecule has 3 N–H and O–H groups in total. The van der Waals surface area contributed by atoms with Crippen LogP contribution in [0.25, 0.3) is 0 Å². The topological polar surface area (TPSA) is 134 Å². The first-order valence-corrected chi connectivity index (χ1v) is 11.4. The van der Waals surface area contributed by atoms with Crippen molar-refractivity contribution in [2.24, 2.45) is 5.14 Å². The zero-order valence-corrected chi connectivity index (χ0v) is 18.9. The van der Waals surface area contributed by atoms with E-state index in [1.165, 1.54) is 19.2 Å². The van der Waals surface area contributed by atoms with Gasteiger partial charge in [0.05, 0.1) is 23.3 Å². The lowest BCUT2D eigenvalue weighted by Crippen LogP contribution is -2.25. The van der Waals surface area contributed by atoms with Gasteiger partial charge in [0, 0.05) is 12.1 Å². The number of nitrogens with two attached hydrogens (primary N) is 1. The van der Waals surface area contributed by atoms with Gasteiger partial charge < -0.3 is 19.3 Å². The molecule has 32 heavy (non-hydrogen) atoms. The van der Waals surface area contributed by atoms with Crippen molar-refractivity contribution >= 4 is 15.9 Å². The Bertz CT molecular complexity index is 1180. The number of aromatic nitrogens is 1. The Morgan fingerprint density at radius 3 is 2.44 bits per heavy atom. The minimum Gasteiger partial charge on any atom is -0.493 e. The summed E-state index contributed by atoms with van der Waals surface area (Å²) in [7, 11) is -2.22. The van der Waals surface area contributed by atoms with Gasteiger partial charge in [-0.25, -0.2) is 13.6 Å². The van der Waals surface area contributed by atoms with Gasteiger partial charge in [-0.3, -0.25) is 4.79 Å². The Morgan fingerprint density at radius 2 is 1.84 bits per heavy atom. The molecule has 10 heteroatoms. The zero-order chi connectivity index (χ0) is 23.3. The molecule has 0 bridgehead atoms. The van der Waals surface area contributed by atoms with Crippen molar-refractivity contribution in [3.63, 3.8) is 0 Å². The van der Waals surface area contributed by atoms with Crippen molar-refractivity contribution in [3.8, 4) is 11.5 Å². The molecule has 0 aliphatic rings. The molecule has 9 nitrogen and oxygen atoms in total. The fourth-order valence-electron chi connectivity index (χ4n) is 3.05. The third-order valence-corrected chi connectivity index (χ3v) is 5.86. The van der Waals surface area contributed by atoms with Crippen molar-refractivity contribution in [2.75, 3.05) is 13.7 Å². The first kappa shape index (κ1) is 23.3. The summed E-state index contributed by atoms with van der Waals surface area (Å²) in [5, 5.41) is 11.8. The fraction of sp³-hybridized carbons (Fsp3) is 0.273. The minimum absolute atomic E-state index is 0.0500. The van der Waals surface area contributed by atoms with E-state index >= 15 is 0 Å². The van der Waals surface area contributed by atoms with Gasteiger partial charge >= 0.3 is 0 Å². The van der Waals surface area contributed by atoms with E-state index in [1.807, 2.05) is 13.8 Å². The number of hydrogen-bond donors (Lipinski definition) is 2. The van der Waals surface area contributed by atoms with Gasteiger partial charge in [-0.1, -0.05) is 17.3 Å². The number of carbonyl (C=O) groups excluding carboxylic acids is 1. The molecular weight excluding hydrogens is 434 g/mol. The van der Waals surface area contributed by atoms with Crippen molar-refractivity contribution in [2.45, 2.75) is 31.8 Å². The number of amides is 1. The number of primary sulfonamides is 1. The minimum atomic E-state index is -3.72. The first-order chi connectivity index (χ1) is 15.2. The molecule has 3 aromatic rings. The Hall–Kier alpha value is -3.37. The Balaban J connectivity index is 1.58. The maximum Gasteiger partial charge on any atom is 0.251 e. The fourth-order valence-corrected chi connectivity index (χ4v) is 3.57. The Labute approximate surface area is 186 Å². The molecule has 1 heterocycles. The van der Waals surface area contributed by atoms with E-state index < -0.39 is 10.0 Å². The van der Waals surface area contributed by atoms with Gasteiger partial charge in [0.1, 0.15) is 12.4 Å². The van der Waals surface area contributed by atoms with Crippen LogP contribution < -0.4 is 19.9 Å². The van der Waals surface area contributed by atoms with Gasteiger partial charge in [0.15, 0.2) is 11.5 Å². The zero-order valence-electron chi connectivity index (χ0n) is 18.0. The molecule has 3 rings (SSSR count). The largest absolute Gasteiger partial charge is 0.493 e. The molecule has 0 aliphatic heterocycles. The van der Waals surface area contributed by atoms with Crippen molar-refractivity contribution < 1.29 is 27.2 Å². The number of benzene rings is 2. The standard InChI is InChI=1S/C22H25N3O6S/c1-14-19(15(2)31-25-14)13-30-20-9-6-17(12-21(20)29-3)22(26)24-11-10-16-4-7-18(8-5-16)32(23,27)28/h4-9,12H,10-11,13H2,1-3H3,(H,24,26)(H2,23,27,28). The number of carbonyl (C=O) groups is 1. The van der Waals surface area contributed by atoms with E-state index in [9.17, 15) is 13.2 Å². The van der Waals surface area contributed by atoms with Gasteiger partial charge in [-0.15, -0.1) is 0 Å². The second-order valence-electron chi connectivity index (χ2n) is 7.15. The summed E-state index contributed by atoms with van der Waals surface area (Å²) in [5.74, 6) is 1.36. The number of nitrogens with one attached hydrogen (secondary N) is 1. The lowest BCUT2D eigenvalue weighted by atomic mass is 10.1. The summed E-state index contributed by atoms with van der Waals surface area (Å²) in [6.45, 7) is 4.31. The summed E-state index contributed by atoms with van der Waals surface area (Å²) < 4.78 is 39.0. The van der Waals surface area contributed by atoms with Crippen LogP contribution in [0.3, 0.4) is 0 Å². The average molecular weight is 460 g/mol. The highest BCUT2D eigenvalue weighted by molar-refractivity contribution is 7.89. The highest BCUT2D eigenvalue weighted by Gasteiger charge is 2.14. The molecule has 0 saturated heterocycles. The second-order valence-corrected chi connectivity index (χ2v) is 8.71. The molecule has 1 aromatic heterocycles. The molecule has 0 spiro atoms. The second kappa shape index (κ2) is 9.84. The van der Waals surface area contributed by atoms with Crippen LogP contribution in [0.5, 0.6) is 11.5 Å². The molecule has 0 radical (unpaired) electrons. The number of rotatable bonds is 9. The smallest absolute Gasteiger partial charge is 0.251 e. The van der Waals surface area contributed by atoms with E-state index in [0.717, 1.165) is 16.8 Å². The molecule has 170 valence electrons. The van der Waals surface area contributed by atoms with E-state index in [1.54, 1.807) is 30.3 Å². The van der Waals surface area contributed by atoms with E-state index in [2.05, 4.69) is 10.5 Å². The lowest BCUT2D eigenvalue weighted by Gasteiger charge is -2.12. The Morgan fingerprint density at radius 1 is 1.12 bits per heavy atom. The summed E-state index contributed by atoms with van der Waals surface area (Å²) >= 11 is 0. The molecule has 0 unspecified atom stereocenters. The van der Waals surface area contributed by atoms with Crippen LogP contribution >= 0.6 is 0 Å². The molecule has 2 aromatic carbocycles. The predicted molar refractivity (Wildman–Crippen MR) is 117 cm³/mol. The monoisotopic (exact) mass is 459 g/mol. The summed E-state index contributed by atoms with van der Waals surface area (Å²) in [5.41, 5.74) is 2.93. The van der Waals surface area contributed by atoms with Crippen molar-refractivity contribution in [3.05, 3.63) is 70.6 Å². The van der Waals surface area contributed by atoms with E-state index in [-0.39, 0.29) is 17.4 Å². The van der Waals surface area contributed by atoms with Crippen LogP contribution in [0.15, 0.2) is 51.9 Å². The van der Waals surface area contributed by atoms with Crippen molar-refractivity contribution in [1.82, 2.24) is 10.5 Å². The number of nitrogens with zero attached hydrogens (tertiary/aromatic N) is 1. The summed E-state index contributed by atoms with van der Waals surface area (Å²) in [6, 6.07) is 11.2. The van der Waals surface area contributed by atoms with Crippen LogP contribution in [0.2, 0.25) is 0 Å². The maximum absolute atomic E-state index is 12.5. The van der Waals surface area contributed by atoms with E-state index in [0.29, 0.717) is 35.8 Å². The predicted octanol–water partition coefficient (Wildman–Crippen LogP) is 2.50. The van der Waals surface area contributed by atoms with Gasteiger partial charge in [0.2, 0.25) is 10.0 Å². The number of hydrogen-bond acceptors (Lipinski definition) is 7. The summed E-state index contributed by atoms with van der Waals surface area (Å²) in [4.78, 5) is 12.6. The maximum atomic E-state index is 12.5. The van der Waals surface area contributed by atoms with Crippen LogP contribution in [-0.4, -0.2) is 33.1 Å². The number of sulfonamides is 1. The number of methoxy groups -OCH3 is 1. The lowest BCUT2D eigenvalue weighted by molar-refractivity contribution is 0.0953. The van der Waals surface area contributed by atoms with Crippen LogP contribution in [0.1, 0.15) is 32.9 Å². The molecule has 0 saturated carbocycles. The highest BCUT2D eigenvalue weighted by Crippen LogP contribution is 2.29. The molecule has 0 aliphatic carbocycles. The first-order valence-electron chi connectivity index (χ1n) is 9.81. The molecule has 0 fully saturated rings. The van der Waals surface area contributed by atoms with E-state index in [4.69, 9.17) is 19.1 Å². The van der Waals surface area contributed by atoms with Gasteiger partial charge in [0.25, 0.3) is 5.91 Å². The number of ether oxygens (including phenoxy) is 2. The molecule has 0 atom stereocenters. The molecular formula is C22H25N3O6S. The Kier molecular flexibility index (Phi) is 7.16. The van der Waals surface area contributed by atoms with Gasteiger partial charge in [-0.05, 0) is 56.2 Å². The summed E-state index contributed by atoms with van der Waals surface area (Å²) in [6.07, 6.45) is 0.534. The van der Waals surface area contributed by atoms with Crippen molar-refractivity contribution in [1.29, 1.82) is 0 Å². The van der Waals surface area contributed by atoms with Crippen LogP contribution in [-0.2, 0) is 23.1 Å². The SMILES string of the molecule is COc1cc(C(=O)NCCc2ccc(S(N)(=O)=O)cc2)ccc1OCc1c(C)noc1C. The third kappa shape index (κ3) is 5.65. The quantitative estimate of drug-likeness (QED) is 0.502. The van der Waals surface area contributed by atoms with Crippen LogP contribution in [0.4, 0.5) is 0 Å². The molecule has 1 amide bonds. The normalized spacial score (nSPS) is 11.2. The average Bonchev–Trinajstić information content (AvgIpc) is 3.09. The van der Waals surface area contributed by atoms with Gasteiger partial charge in [-0.2, -0.15) is 0 Å².